The zero-order chi connectivity index (χ0) is 15.4. The maximum atomic E-state index is 12.2. The van der Waals surface area contributed by atoms with E-state index in [1.807, 2.05) is 7.05 Å². The summed E-state index contributed by atoms with van der Waals surface area (Å²) in [4.78, 5) is 14.3. The van der Waals surface area contributed by atoms with Gasteiger partial charge in [-0.25, -0.2) is 0 Å². The highest BCUT2D eigenvalue weighted by molar-refractivity contribution is 6.40. The topological polar surface area (TPSA) is 58.4 Å². The van der Waals surface area contributed by atoms with Gasteiger partial charge in [0.15, 0.2) is 0 Å². The van der Waals surface area contributed by atoms with Crippen LogP contribution in [0.4, 0.5) is 11.4 Å². The fraction of sp³-hybridized carbons (Fsp3) is 0.533. The van der Waals surface area contributed by atoms with Crippen LogP contribution in [0.15, 0.2) is 12.1 Å². The molecule has 0 unspecified atom stereocenters. The van der Waals surface area contributed by atoms with Crippen LogP contribution in [0.2, 0.25) is 10.0 Å². The van der Waals surface area contributed by atoms with Crippen LogP contribution in [0.5, 0.6) is 0 Å². The Bertz CT molecular complexity index is 493. The Labute approximate surface area is 135 Å². The van der Waals surface area contributed by atoms with E-state index in [-0.39, 0.29) is 5.91 Å². The second kappa shape index (κ2) is 7.34. The summed E-state index contributed by atoms with van der Waals surface area (Å²) in [7, 11) is 1.99. The number of carbonyl (C=O) groups is 1. The number of benzene rings is 1. The third-order valence-corrected chi connectivity index (χ3v) is 4.52. The van der Waals surface area contributed by atoms with Crippen molar-refractivity contribution in [1.82, 2.24) is 4.90 Å². The highest BCUT2D eigenvalue weighted by Gasteiger charge is 2.20. The first-order chi connectivity index (χ1) is 9.97. The quantitative estimate of drug-likeness (QED) is 0.826. The minimum atomic E-state index is -0.114. The summed E-state index contributed by atoms with van der Waals surface area (Å²) in [5.41, 5.74) is 6.55. The van der Waals surface area contributed by atoms with Crippen LogP contribution in [0, 0.1) is 0 Å². The maximum Gasteiger partial charge on any atom is 0.238 e. The number of halogens is 2. The molecule has 0 atom stereocenters. The van der Waals surface area contributed by atoms with E-state index in [1.165, 1.54) is 19.3 Å². The molecule has 2 rings (SSSR count). The van der Waals surface area contributed by atoms with Crippen LogP contribution < -0.4 is 11.1 Å². The average molecular weight is 330 g/mol. The third-order valence-electron chi connectivity index (χ3n) is 3.92. The highest BCUT2D eigenvalue weighted by atomic mass is 35.5. The zero-order valence-electron chi connectivity index (χ0n) is 12.2. The lowest BCUT2D eigenvalue weighted by Gasteiger charge is -2.30. The number of rotatable bonds is 4. The molecule has 4 nitrogen and oxygen atoms in total. The summed E-state index contributed by atoms with van der Waals surface area (Å²) in [6.07, 6.45) is 6.10. The molecule has 1 saturated carbocycles. The Morgan fingerprint density at radius 3 is 2.43 bits per heavy atom. The number of anilines is 2. The lowest BCUT2D eigenvalue weighted by Crippen LogP contribution is -2.39. The molecule has 0 aromatic heterocycles. The summed E-state index contributed by atoms with van der Waals surface area (Å²) in [6.45, 7) is 0.335. The SMILES string of the molecule is CN(CC(=O)Nc1c(Cl)cc(N)cc1Cl)C1CCCCC1. The summed E-state index contributed by atoms with van der Waals surface area (Å²) < 4.78 is 0. The van der Waals surface area contributed by atoms with Gasteiger partial charge in [0.05, 0.1) is 22.3 Å². The van der Waals surface area contributed by atoms with E-state index in [4.69, 9.17) is 28.9 Å². The van der Waals surface area contributed by atoms with Gasteiger partial charge in [-0.15, -0.1) is 0 Å². The standard InChI is InChI=1S/C15H21Cl2N3O/c1-20(11-5-3-2-4-6-11)9-14(21)19-15-12(16)7-10(18)8-13(15)17/h7-8,11H,2-6,9,18H2,1H3,(H,19,21). The fourth-order valence-corrected chi connectivity index (χ4v) is 3.37. The van der Waals surface area contributed by atoms with Crippen molar-refractivity contribution in [3.8, 4) is 0 Å². The number of nitrogens with zero attached hydrogens (tertiary/aromatic N) is 1. The normalized spacial score (nSPS) is 16.2. The molecule has 3 N–H and O–H groups in total. The minimum absolute atomic E-state index is 0.114. The van der Waals surface area contributed by atoms with E-state index in [0.717, 1.165) is 12.8 Å². The Hall–Kier alpha value is -0.970. The molecular formula is C15H21Cl2N3O. The van der Waals surface area contributed by atoms with E-state index in [1.54, 1.807) is 12.1 Å². The lowest BCUT2D eigenvalue weighted by atomic mass is 9.94. The molecule has 1 aromatic carbocycles. The average Bonchev–Trinajstić information content (AvgIpc) is 2.43. The largest absolute Gasteiger partial charge is 0.399 e. The Kier molecular flexibility index (Phi) is 5.73. The summed E-state index contributed by atoms with van der Waals surface area (Å²) in [6, 6.07) is 3.64. The number of hydrogen-bond donors (Lipinski definition) is 2. The molecule has 0 radical (unpaired) electrons. The molecule has 1 aromatic rings. The summed E-state index contributed by atoms with van der Waals surface area (Å²) >= 11 is 12.1. The van der Waals surface area contributed by atoms with E-state index in [9.17, 15) is 4.79 Å². The molecule has 1 amide bonds. The molecule has 0 heterocycles. The Morgan fingerprint density at radius 2 is 1.86 bits per heavy atom. The number of carbonyl (C=O) groups excluding carboxylic acids is 1. The second-order valence-electron chi connectivity index (χ2n) is 5.61. The number of likely N-dealkylation sites (N-methyl/N-ethyl adjacent to an activating group) is 1. The monoisotopic (exact) mass is 329 g/mol. The Morgan fingerprint density at radius 1 is 1.29 bits per heavy atom. The molecule has 0 bridgehead atoms. The summed E-state index contributed by atoms with van der Waals surface area (Å²) in [5, 5.41) is 3.49. The number of nitrogens with one attached hydrogen (secondary N) is 1. The maximum absolute atomic E-state index is 12.2. The molecule has 116 valence electrons. The molecular weight excluding hydrogens is 309 g/mol. The molecule has 21 heavy (non-hydrogen) atoms. The van der Waals surface area contributed by atoms with Crippen LogP contribution in [-0.4, -0.2) is 30.4 Å². The van der Waals surface area contributed by atoms with Crippen molar-refractivity contribution in [2.75, 3.05) is 24.6 Å². The molecule has 0 saturated heterocycles. The van der Waals surface area contributed by atoms with Crippen LogP contribution in [0.3, 0.4) is 0 Å². The predicted molar refractivity (Wildman–Crippen MR) is 89.0 cm³/mol. The second-order valence-corrected chi connectivity index (χ2v) is 6.43. The van der Waals surface area contributed by atoms with Gasteiger partial charge in [-0.1, -0.05) is 42.5 Å². The van der Waals surface area contributed by atoms with Crippen LogP contribution >= 0.6 is 23.2 Å². The van der Waals surface area contributed by atoms with Crippen molar-refractivity contribution in [3.05, 3.63) is 22.2 Å². The van der Waals surface area contributed by atoms with E-state index in [0.29, 0.717) is 34.0 Å². The number of hydrogen-bond acceptors (Lipinski definition) is 3. The first kappa shape index (κ1) is 16.4. The smallest absolute Gasteiger partial charge is 0.238 e. The van der Waals surface area contributed by atoms with Crippen LogP contribution in [0.25, 0.3) is 0 Å². The van der Waals surface area contributed by atoms with Gasteiger partial charge in [0, 0.05) is 11.7 Å². The first-order valence-corrected chi connectivity index (χ1v) is 7.97. The van der Waals surface area contributed by atoms with Gasteiger partial charge in [0.1, 0.15) is 0 Å². The molecule has 1 aliphatic carbocycles. The van der Waals surface area contributed by atoms with Gasteiger partial charge in [0.25, 0.3) is 0 Å². The van der Waals surface area contributed by atoms with Crippen LogP contribution in [0.1, 0.15) is 32.1 Å². The fourth-order valence-electron chi connectivity index (χ4n) is 2.77. The lowest BCUT2D eigenvalue weighted by molar-refractivity contribution is -0.117. The summed E-state index contributed by atoms with van der Waals surface area (Å²) in [5.74, 6) is -0.114. The van der Waals surface area contributed by atoms with Crippen molar-refractivity contribution in [2.24, 2.45) is 0 Å². The van der Waals surface area contributed by atoms with Gasteiger partial charge in [-0.05, 0) is 32.0 Å². The molecule has 6 heteroatoms. The molecule has 0 spiro atoms. The van der Waals surface area contributed by atoms with Crippen molar-refractivity contribution < 1.29 is 4.79 Å². The van der Waals surface area contributed by atoms with Crippen LogP contribution in [-0.2, 0) is 4.79 Å². The number of nitrogen functional groups attached to an aromatic ring is 1. The first-order valence-electron chi connectivity index (χ1n) is 7.22. The van der Waals surface area contributed by atoms with Crippen molar-refractivity contribution >= 4 is 40.5 Å². The predicted octanol–water partition coefficient (Wildman–Crippen LogP) is 3.78. The molecule has 1 aliphatic rings. The molecule has 0 aliphatic heterocycles. The number of amides is 1. The van der Waals surface area contributed by atoms with Gasteiger partial charge < -0.3 is 11.1 Å². The third kappa shape index (κ3) is 4.50. The van der Waals surface area contributed by atoms with Gasteiger partial charge in [-0.2, -0.15) is 0 Å². The molecule has 1 fully saturated rings. The van der Waals surface area contributed by atoms with E-state index < -0.39 is 0 Å². The Balaban J connectivity index is 1.95. The van der Waals surface area contributed by atoms with E-state index in [2.05, 4.69) is 10.2 Å². The minimum Gasteiger partial charge on any atom is -0.399 e. The van der Waals surface area contributed by atoms with Crippen molar-refractivity contribution in [1.29, 1.82) is 0 Å². The zero-order valence-corrected chi connectivity index (χ0v) is 13.7. The van der Waals surface area contributed by atoms with Gasteiger partial charge in [-0.3, -0.25) is 9.69 Å². The highest BCUT2D eigenvalue weighted by Crippen LogP contribution is 2.32. The van der Waals surface area contributed by atoms with Gasteiger partial charge >= 0.3 is 0 Å². The van der Waals surface area contributed by atoms with Crippen molar-refractivity contribution in [3.63, 3.8) is 0 Å². The van der Waals surface area contributed by atoms with Gasteiger partial charge in [0.2, 0.25) is 5.91 Å². The van der Waals surface area contributed by atoms with Crippen molar-refractivity contribution in [2.45, 2.75) is 38.1 Å². The number of nitrogens with two attached hydrogens (primary N) is 1. The van der Waals surface area contributed by atoms with E-state index >= 15 is 0 Å².